The number of piperidine rings is 3. The van der Waals surface area contributed by atoms with Gasteiger partial charge in [-0.25, -0.2) is 4.79 Å². The summed E-state index contributed by atoms with van der Waals surface area (Å²) in [5.74, 6) is 2.16. The molecule has 2 aliphatic carbocycles. The maximum absolute atomic E-state index is 12.3. The fraction of sp³-hybridized carbons (Fsp3) is 0.882. The fourth-order valence-corrected chi connectivity index (χ4v) is 5.37. The van der Waals surface area contributed by atoms with Crippen LogP contribution in [0, 0.1) is 23.7 Å². The number of carbonyl (C=O) groups is 2. The molecule has 3 aliphatic heterocycles. The Kier molecular flexibility index (Phi) is 3.55. The topological polar surface area (TPSA) is 64.1 Å². The third kappa shape index (κ3) is 2.33. The van der Waals surface area contributed by atoms with Crippen LogP contribution in [-0.4, -0.2) is 77.1 Å². The van der Waals surface area contributed by atoms with Gasteiger partial charge in [0.05, 0.1) is 0 Å². The van der Waals surface area contributed by atoms with E-state index in [0.29, 0.717) is 36.2 Å². The highest BCUT2D eigenvalue weighted by Crippen LogP contribution is 2.54. The van der Waals surface area contributed by atoms with E-state index in [2.05, 4.69) is 4.90 Å². The van der Waals surface area contributed by atoms with Gasteiger partial charge in [0.15, 0.2) is 0 Å². The first-order chi connectivity index (χ1) is 11.0. The number of hydrogen-bond donors (Lipinski definition) is 1. The van der Waals surface area contributed by atoms with Gasteiger partial charge in [-0.3, -0.25) is 9.69 Å². The average Bonchev–Trinajstić information content (AvgIpc) is 3.06. The van der Waals surface area contributed by atoms with Crippen molar-refractivity contribution in [3.8, 4) is 0 Å². The molecule has 0 aromatic heterocycles. The van der Waals surface area contributed by atoms with Crippen molar-refractivity contribution in [3.63, 3.8) is 0 Å². The molecule has 23 heavy (non-hydrogen) atoms. The summed E-state index contributed by atoms with van der Waals surface area (Å²) in [5.41, 5.74) is 0. The van der Waals surface area contributed by atoms with E-state index in [1.54, 1.807) is 4.90 Å². The van der Waals surface area contributed by atoms with Gasteiger partial charge < -0.3 is 14.9 Å². The van der Waals surface area contributed by atoms with E-state index in [9.17, 15) is 14.7 Å². The minimum atomic E-state index is -0.754. The number of amides is 2. The standard InChI is InChI=1S/C17H27N3O3/c1-3-18(2)16(21)15-12-8-19(9-13(12)15)14-6-11-5-4-10(14)7-20(11)17(22)23/h10-15H,3-9H2,1-2H3,(H,22,23)/t10-,11-,12-,13+,14?,15?/m1/s1. The van der Waals surface area contributed by atoms with Gasteiger partial charge in [-0.1, -0.05) is 0 Å². The third-order valence-corrected chi connectivity index (χ3v) is 6.87. The molecule has 128 valence electrons. The molecule has 5 aliphatic rings. The third-order valence-electron chi connectivity index (χ3n) is 6.87. The zero-order valence-corrected chi connectivity index (χ0v) is 14.0. The van der Waals surface area contributed by atoms with Gasteiger partial charge in [-0.15, -0.1) is 0 Å². The molecule has 6 heteroatoms. The van der Waals surface area contributed by atoms with E-state index in [4.69, 9.17) is 0 Å². The number of carboxylic acid groups (broad SMARTS) is 1. The maximum Gasteiger partial charge on any atom is 0.407 e. The van der Waals surface area contributed by atoms with Crippen molar-refractivity contribution in [3.05, 3.63) is 0 Å². The molecule has 0 aromatic rings. The van der Waals surface area contributed by atoms with Crippen molar-refractivity contribution in [2.45, 2.75) is 38.3 Å². The van der Waals surface area contributed by atoms with Crippen LogP contribution in [0.1, 0.15) is 26.2 Å². The molecule has 2 amide bonds. The van der Waals surface area contributed by atoms with E-state index >= 15 is 0 Å². The predicted molar refractivity (Wildman–Crippen MR) is 85.0 cm³/mol. The van der Waals surface area contributed by atoms with Crippen molar-refractivity contribution < 1.29 is 14.7 Å². The second-order valence-corrected chi connectivity index (χ2v) is 7.89. The molecule has 1 N–H and O–H groups in total. The smallest absolute Gasteiger partial charge is 0.407 e. The summed E-state index contributed by atoms with van der Waals surface area (Å²) in [4.78, 5) is 29.7. The highest BCUT2D eigenvalue weighted by atomic mass is 16.4. The van der Waals surface area contributed by atoms with Crippen LogP contribution in [-0.2, 0) is 4.79 Å². The SMILES string of the molecule is CCN(C)C(=O)C1[C@H]2CN(C3C[C@H]4CC[C@@H]3CN4C(=O)O)C[C@@H]12. The Balaban J connectivity index is 1.35. The highest BCUT2D eigenvalue weighted by molar-refractivity contribution is 5.82. The van der Waals surface area contributed by atoms with E-state index in [1.807, 2.05) is 18.9 Å². The molecule has 3 saturated heterocycles. The second-order valence-electron chi connectivity index (χ2n) is 7.89. The molecule has 0 aromatic carbocycles. The lowest BCUT2D eigenvalue weighted by Crippen LogP contribution is -2.60. The number of rotatable bonds is 3. The molecule has 2 bridgehead atoms. The van der Waals surface area contributed by atoms with Gasteiger partial charge in [-0.05, 0) is 43.9 Å². The van der Waals surface area contributed by atoms with Crippen molar-refractivity contribution in [2.75, 3.05) is 33.2 Å². The molecule has 3 heterocycles. The Morgan fingerprint density at radius 3 is 2.39 bits per heavy atom. The van der Waals surface area contributed by atoms with Gasteiger partial charge in [0.25, 0.3) is 0 Å². The summed E-state index contributed by atoms with van der Waals surface area (Å²) in [6, 6.07) is 0.750. The summed E-state index contributed by atoms with van der Waals surface area (Å²) >= 11 is 0. The summed E-state index contributed by atoms with van der Waals surface area (Å²) in [7, 11) is 1.90. The summed E-state index contributed by atoms with van der Waals surface area (Å²) < 4.78 is 0. The van der Waals surface area contributed by atoms with Crippen LogP contribution in [0.3, 0.4) is 0 Å². The zero-order valence-electron chi connectivity index (χ0n) is 14.0. The van der Waals surface area contributed by atoms with Crippen molar-refractivity contribution >= 4 is 12.0 Å². The zero-order chi connectivity index (χ0) is 16.3. The molecular weight excluding hydrogens is 294 g/mol. The lowest BCUT2D eigenvalue weighted by molar-refractivity contribution is -0.132. The monoisotopic (exact) mass is 321 g/mol. The first kappa shape index (κ1) is 15.2. The summed E-state index contributed by atoms with van der Waals surface area (Å²) in [5, 5.41) is 9.30. The molecule has 2 saturated carbocycles. The van der Waals surface area contributed by atoms with Crippen molar-refractivity contribution in [2.24, 2.45) is 23.7 Å². The fourth-order valence-electron chi connectivity index (χ4n) is 5.37. The van der Waals surface area contributed by atoms with Crippen LogP contribution in [0.5, 0.6) is 0 Å². The van der Waals surface area contributed by atoms with E-state index in [1.165, 1.54) is 0 Å². The minimum Gasteiger partial charge on any atom is -0.465 e. The summed E-state index contributed by atoms with van der Waals surface area (Å²) in [6.07, 6.45) is 2.42. The molecule has 0 radical (unpaired) electrons. The quantitative estimate of drug-likeness (QED) is 0.848. The second kappa shape index (κ2) is 5.36. The summed E-state index contributed by atoms with van der Waals surface area (Å²) in [6.45, 7) is 5.60. The number of likely N-dealkylation sites (tertiary alicyclic amines) is 1. The molecule has 5 fully saturated rings. The molecule has 6 nitrogen and oxygen atoms in total. The maximum atomic E-state index is 12.3. The average molecular weight is 321 g/mol. The van der Waals surface area contributed by atoms with Crippen LogP contribution in [0.25, 0.3) is 0 Å². The number of hydrogen-bond acceptors (Lipinski definition) is 3. The molecule has 0 spiro atoms. The van der Waals surface area contributed by atoms with Crippen LogP contribution in [0.2, 0.25) is 0 Å². The van der Waals surface area contributed by atoms with E-state index in [-0.39, 0.29) is 12.0 Å². The highest BCUT2D eigenvalue weighted by Gasteiger charge is 2.61. The Morgan fingerprint density at radius 1 is 1.17 bits per heavy atom. The van der Waals surface area contributed by atoms with Crippen LogP contribution >= 0.6 is 0 Å². The Bertz CT molecular complexity index is 513. The van der Waals surface area contributed by atoms with Crippen molar-refractivity contribution in [1.29, 1.82) is 0 Å². The molecular formula is C17H27N3O3. The van der Waals surface area contributed by atoms with Gasteiger partial charge in [0.1, 0.15) is 0 Å². The van der Waals surface area contributed by atoms with Gasteiger partial charge in [0.2, 0.25) is 5.91 Å². The van der Waals surface area contributed by atoms with E-state index < -0.39 is 6.09 Å². The minimum absolute atomic E-state index is 0.211. The largest absolute Gasteiger partial charge is 0.465 e. The van der Waals surface area contributed by atoms with Crippen LogP contribution < -0.4 is 0 Å². The number of carbonyl (C=O) groups excluding carboxylic acids is 1. The molecule has 2 unspecified atom stereocenters. The van der Waals surface area contributed by atoms with Gasteiger partial charge in [0, 0.05) is 51.2 Å². The van der Waals surface area contributed by atoms with Crippen LogP contribution in [0.15, 0.2) is 0 Å². The number of nitrogens with zero attached hydrogens (tertiary/aromatic N) is 3. The van der Waals surface area contributed by atoms with Gasteiger partial charge in [-0.2, -0.15) is 0 Å². The first-order valence-electron chi connectivity index (χ1n) is 8.99. The predicted octanol–water partition coefficient (Wildman–Crippen LogP) is 1.17. The Morgan fingerprint density at radius 2 is 1.87 bits per heavy atom. The Labute approximate surface area is 137 Å². The lowest BCUT2D eigenvalue weighted by Gasteiger charge is -2.51. The Hall–Kier alpha value is -1.30. The lowest BCUT2D eigenvalue weighted by atomic mass is 9.75. The molecule has 5 rings (SSSR count). The number of fused-ring (bicyclic) bond motifs is 4. The molecule has 6 atom stereocenters. The van der Waals surface area contributed by atoms with E-state index in [0.717, 1.165) is 38.9 Å². The van der Waals surface area contributed by atoms with Crippen LogP contribution in [0.4, 0.5) is 4.79 Å². The normalized spacial score (nSPS) is 41.7. The first-order valence-corrected chi connectivity index (χ1v) is 8.99. The van der Waals surface area contributed by atoms with Crippen molar-refractivity contribution in [1.82, 2.24) is 14.7 Å². The van der Waals surface area contributed by atoms with Gasteiger partial charge >= 0.3 is 6.09 Å².